The fourth-order valence-electron chi connectivity index (χ4n) is 4.40. The van der Waals surface area contributed by atoms with Gasteiger partial charge >= 0.3 is 0 Å². The molecule has 0 radical (unpaired) electrons. The third-order valence-corrected chi connectivity index (χ3v) is 6.29. The molecule has 2 fully saturated rings. The molecule has 1 aromatic rings. The minimum atomic E-state index is -0.145. The third kappa shape index (κ3) is 5.53. The van der Waals surface area contributed by atoms with E-state index in [-0.39, 0.29) is 24.5 Å². The summed E-state index contributed by atoms with van der Waals surface area (Å²) in [6.45, 7) is 9.47. The molecule has 27 heavy (non-hydrogen) atoms. The van der Waals surface area contributed by atoms with E-state index in [1.165, 1.54) is 24.0 Å². The lowest BCUT2D eigenvalue weighted by Crippen LogP contribution is -2.49. The molecule has 2 aliphatic heterocycles. The molecule has 0 spiro atoms. The predicted molar refractivity (Wildman–Crippen MR) is 108 cm³/mol. The molecule has 3 rings (SSSR count). The number of rotatable bonds is 6. The van der Waals surface area contributed by atoms with Crippen molar-refractivity contribution < 1.29 is 9.90 Å². The van der Waals surface area contributed by atoms with Crippen LogP contribution >= 0.6 is 0 Å². The molecule has 5 nitrogen and oxygen atoms in total. The summed E-state index contributed by atoms with van der Waals surface area (Å²) in [6.07, 6.45) is 4.33. The van der Waals surface area contributed by atoms with Crippen molar-refractivity contribution in [3.8, 4) is 0 Å². The van der Waals surface area contributed by atoms with E-state index in [0.29, 0.717) is 6.04 Å². The molecule has 1 unspecified atom stereocenters. The van der Waals surface area contributed by atoms with Gasteiger partial charge in [0.1, 0.15) is 0 Å². The smallest absolute Gasteiger partial charge is 0.223 e. The van der Waals surface area contributed by atoms with Gasteiger partial charge in [0.05, 0.1) is 6.61 Å². The van der Waals surface area contributed by atoms with Crippen LogP contribution in [0.15, 0.2) is 24.3 Å². The molecule has 1 atom stereocenters. The van der Waals surface area contributed by atoms with Gasteiger partial charge in [-0.1, -0.05) is 24.3 Å². The number of nitrogens with one attached hydrogen (secondary N) is 1. The van der Waals surface area contributed by atoms with Gasteiger partial charge in [-0.05, 0) is 76.8 Å². The van der Waals surface area contributed by atoms with Gasteiger partial charge in [-0.25, -0.2) is 0 Å². The highest BCUT2D eigenvalue weighted by Crippen LogP contribution is 2.25. The largest absolute Gasteiger partial charge is 0.394 e. The summed E-state index contributed by atoms with van der Waals surface area (Å²) in [5.41, 5.74) is 2.83. The Balaban J connectivity index is 1.41. The molecule has 2 saturated heterocycles. The van der Waals surface area contributed by atoms with E-state index in [4.69, 9.17) is 5.11 Å². The molecular formula is C22H35N3O2. The van der Waals surface area contributed by atoms with E-state index in [1.54, 1.807) is 0 Å². The van der Waals surface area contributed by atoms with Crippen LogP contribution in [0.4, 0.5) is 0 Å². The zero-order valence-electron chi connectivity index (χ0n) is 16.9. The van der Waals surface area contributed by atoms with Crippen molar-refractivity contribution in [3.63, 3.8) is 0 Å². The first-order valence-corrected chi connectivity index (χ1v) is 10.5. The number of carbonyl (C=O) groups excluding carboxylic acids is 1. The molecule has 2 aliphatic rings. The molecule has 0 saturated carbocycles. The molecule has 150 valence electrons. The zero-order valence-corrected chi connectivity index (χ0v) is 16.9. The SMILES string of the molecule is Cc1ccccc1CN1CCC(N2CCC(C(=O)NC(C)CO)CC2)CC1. The van der Waals surface area contributed by atoms with Crippen LogP contribution in [0.2, 0.25) is 0 Å². The number of benzene rings is 1. The minimum Gasteiger partial charge on any atom is -0.394 e. The Kier molecular flexibility index (Phi) is 7.27. The number of hydrogen-bond acceptors (Lipinski definition) is 4. The summed E-state index contributed by atoms with van der Waals surface area (Å²) < 4.78 is 0. The number of carbonyl (C=O) groups is 1. The Morgan fingerprint density at radius 1 is 1.15 bits per heavy atom. The Morgan fingerprint density at radius 2 is 1.81 bits per heavy atom. The topological polar surface area (TPSA) is 55.8 Å². The summed E-state index contributed by atoms with van der Waals surface area (Å²) in [4.78, 5) is 17.4. The van der Waals surface area contributed by atoms with E-state index < -0.39 is 0 Å². The van der Waals surface area contributed by atoms with Crippen LogP contribution in [0.1, 0.15) is 43.7 Å². The van der Waals surface area contributed by atoms with Crippen molar-refractivity contribution in [2.75, 3.05) is 32.8 Å². The Hall–Kier alpha value is -1.43. The molecule has 2 heterocycles. The molecule has 2 N–H and O–H groups in total. The van der Waals surface area contributed by atoms with E-state index in [0.717, 1.165) is 45.6 Å². The van der Waals surface area contributed by atoms with E-state index in [9.17, 15) is 4.79 Å². The summed E-state index contributed by atoms with van der Waals surface area (Å²) >= 11 is 0. The maximum absolute atomic E-state index is 12.2. The van der Waals surface area contributed by atoms with Crippen LogP contribution in [-0.2, 0) is 11.3 Å². The fraction of sp³-hybridized carbons (Fsp3) is 0.682. The van der Waals surface area contributed by atoms with Gasteiger partial charge in [-0.2, -0.15) is 0 Å². The quantitative estimate of drug-likeness (QED) is 0.802. The number of aryl methyl sites for hydroxylation is 1. The molecule has 0 aromatic heterocycles. The first kappa shape index (κ1) is 20.3. The lowest BCUT2D eigenvalue weighted by Gasteiger charge is -2.41. The zero-order chi connectivity index (χ0) is 19.2. The predicted octanol–water partition coefficient (Wildman–Crippen LogP) is 2.17. The van der Waals surface area contributed by atoms with E-state index in [2.05, 4.69) is 46.3 Å². The van der Waals surface area contributed by atoms with Crippen molar-refractivity contribution in [1.82, 2.24) is 15.1 Å². The summed E-state index contributed by atoms with van der Waals surface area (Å²) in [5, 5.41) is 12.0. The molecule has 5 heteroatoms. The fourth-order valence-corrected chi connectivity index (χ4v) is 4.40. The maximum Gasteiger partial charge on any atom is 0.223 e. The molecular weight excluding hydrogens is 338 g/mol. The van der Waals surface area contributed by atoms with Gasteiger partial charge in [0.2, 0.25) is 5.91 Å². The number of piperidine rings is 2. The van der Waals surface area contributed by atoms with Gasteiger partial charge in [0.15, 0.2) is 0 Å². The van der Waals surface area contributed by atoms with Crippen molar-refractivity contribution in [2.45, 2.75) is 58.2 Å². The lowest BCUT2D eigenvalue weighted by atomic mass is 9.92. The third-order valence-electron chi connectivity index (χ3n) is 6.29. The summed E-state index contributed by atoms with van der Waals surface area (Å²) in [6, 6.07) is 9.21. The van der Waals surface area contributed by atoms with Crippen LogP contribution in [0.5, 0.6) is 0 Å². The van der Waals surface area contributed by atoms with Gasteiger partial charge in [0.25, 0.3) is 0 Å². The standard InChI is InChI=1S/C22H35N3O2/c1-17-5-3-4-6-20(17)15-24-11-9-21(10-12-24)25-13-7-19(8-14-25)22(27)23-18(2)16-26/h3-6,18-19,21,26H,7-16H2,1-2H3,(H,23,27). The first-order chi connectivity index (χ1) is 13.1. The van der Waals surface area contributed by atoms with E-state index >= 15 is 0 Å². The number of aliphatic hydroxyl groups is 1. The highest BCUT2D eigenvalue weighted by atomic mass is 16.3. The van der Waals surface area contributed by atoms with Crippen LogP contribution in [0.25, 0.3) is 0 Å². The Morgan fingerprint density at radius 3 is 2.44 bits per heavy atom. The van der Waals surface area contributed by atoms with Crippen LogP contribution in [0, 0.1) is 12.8 Å². The van der Waals surface area contributed by atoms with E-state index in [1.807, 2.05) is 6.92 Å². The highest BCUT2D eigenvalue weighted by Gasteiger charge is 2.31. The highest BCUT2D eigenvalue weighted by molar-refractivity contribution is 5.79. The van der Waals surface area contributed by atoms with Gasteiger partial charge in [-0.15, -0.1) is 0 Å². The van der Waals surface area contributed by atoms with Gasteiger partial charge in [0, 0.05) is 24.5 Å². The Bertz CT molecular complexity index is 605. The molecule has 1 amide bonds. The summed E-state index contributed by atoms with van der Waals surface area (Å²) in [7, 11) is 0. The summed E-state index contributed by atoms with van der Waals surface area (Å²) in [5.74, 6) is 0.223. The first-order valence-electron chi connectivity index (χ1n) is 10.5. The van der Waals surface area contributed by atoms with Crippen LogP contribution < -0.4 is 5.32 Å². The number of hydrogen-bond donors (Lipinski definition) is 2. The monoisotopic (exact) mass is 373 g/mol. The second-order valence-corrected chi connectivity index (χ2v) is 8.34. The average Bonchev–Trinajstić information content (AvgIpc) is 2.70. The van der Waals surface area contributed by atoms with Gasteiger partial charge < -0.3 is 15.3 Å². The lowest BCUT2D eigenvalue weighted by molar-refractivity contribution is -0.127. The van der Waals surface area contributed by atoms with Crippen molar-refractivity contribution >= 4 is 5.91 Å². The maximum atomic E-state index is 12.2. The average molecular weight is 374 g/mol. The normalized spacial score (nSPS) is 21.9. The molecule has 0 bridgehead atoms. The Labute approximate surface area is 163 Å². The van der Waals surface area contributed by atoms with Gasteiger partial charge in [-0.3, -0.25) is 9.69 Å². The molecule has 1 aromatic carbocycles. The van der Waals surface area contributed by atoms with Crippen molar-refractivity contribution in [2.24, 2.45) is 5.92 Å². The minimum absolute atomic E-state index is 0.00562. The number of likely N-dealkylation sites (tertiary alicyclic amines) is 2. The second kappa shape index (κ2) is 9.67. The molecule has 0 aliphatic carbocycles. The second-order valence-electron chi connectivity index (χ2n) is 8.34. The number of amides is 1. The van der Waals surface area contributed by atoms with Crippen LogP contribution in [-0.4, -0.2) is 65.7 Å². The van der Waals surface area contributed by atoms with Crippen molar-refractivity contribution in [3.05, 3.63) is 35.4 Å². The number of nitrogens with zero attached hydrogens (tertiary/aromatic N) is 2. The van der Waals surface area contributed by atoms with Crippen molar-refractivity contribution in [1.29, 1.82) is 0 Å². The number of aliphatic hydroxyl groups excluding tert-OH is 1. The van der Waals surface area contributed by atoms with Crippen LogP contribution in [0.3, 0.4) is 0 Å².